The molecular formula is C27H31FN4O. The molecule has 2 aliphatic heterocycles. The molecule has 0 atom stereocenters. The van der Waals surface area contributed by atoms with Gasteiger partial charge in [-0.3, -0.25) is 9.69 Å². The molecule has 0 bridgehead atoms. The fraction of sp³-hybridized carbons (Fsp3) is 0.407. The van der Waals surface area contributed by atoms with Gasteiger partial charge < -0.3 is 4.90 Å². The Labute approximate surface area is 194 Å². The number of halogens is 1. The fourth-order valence-corrected chi connectivity index (χ4v) is 4.98. The number of aromatic nitrogens is 2. The van der Waals surface area contributed by atoms with Crippen molar-refractivity contribution in [1.29, 1.82) is 0 Å². The second-order valence-corrected chi connectivity index (χ2v) is 9.45. The van der Waals surface area contributed by atoms with Gasteiger partial charge in [0.25, 0.3) is 0 Å². The molecule has 0 spiro atoms. The molecule has 2 aromatic carbocycles. The van der Waals surface area contributed by atoms with Gasteiger partial charge in [0.15, 0.2) is 0 Å². The van der Waals surface area contributed by atoms with Crippen LogP contribution in [0, 0.1) is 18.7 Å². The summed E-state index contributed by atoms with van der Waals surface area (Å²) in [5, 5.41) is 4.89. The van der Waals surface area contributed by atoms with Gasteiger partial charge in [0.1, 0.15) is 5.82 Å². The third kappa shape index (κ3) is 5.01. The molecule has 2 aliphatic rings. The number of rotatable bonds is 6. The standard InChI is InChI=1S/C27H31FN4O/c1-20-4-10-25(11-5-20)32-19-23(27(29-32)22-6-8-24(28)9-7-22)18-30-15-12-21(13-16-30)17-31-14-2-3-26(31)33/h4-11,19,21H,2-3,12-18H2,1H3. The maximum atomic E-state index is 13.5. The predicted molar refractivity (Wildman–Crippen MR) is 128 cm³/mol. The molecule has 2 saturated heterocycles. The van der Waals surface area contributed by atoms with Crippen LogP contribution in [-0.2, 0) is 11.3 Å². The maximum Gasteiger partial charge on any atom is 0.222 e. The highest BCUT2D eigenvalue weighted by atomic mass is 19.1. The molecule has 3 aromatic rings. The normalized spacial score (nSPS) is 17.8. The van der Waals surface area contributed by atoms with E-state index in [0.29, 0.717) is 11.8 Å². The molecule has 1 aromatic heterocycles. The second-order valence-electron chi connectivity index (χ2n) is 9.45. The van der Waals surface area contributed by atoms with E-state index in [4.69, 9.17) is 5.10 Å². The van der Waals surface area contributed by atoms with E-state index in [1.807, 2.05) is 4.68 Å². The Kier molecular flexibility index (Phi) is 6.27. The summed E-state index contributed by atoms with van der Waals surface area (Å²) in [6.45, 7) is 6.77. The average Bonchev–Trinajstić information content (AvgIpc) is 3.42. The van der Waals surface area contributed by atoms with Crippen molar-refractivity contribution >= 4 is 5.91 Å². The molecule has 0 saturated carbocycles. The molecule has 0 aliphatic carbocycles. The summed E-state index contributed by atoms with van der Waals surface area (Å²) in [6.07, 6.45) is 6.06. The van der Waals surface area contributed by atoms with Crippen LogP contribution >= 0.6 is 0 Å². The van der Waals surface area contributed by atoms with Crippen LogP contribution < -0.4 is 0 Å². The Morgan fingerprint density at radius 1 is 1.00 bits per heavy atom. The lowest BCUT2D eigenvalue weighted by molar-refractivity contribution is -0.128. The number of amides is 1. The van der Waals surface area contributed by atoms with Crippen molar-refractivity contribution in [3.63, 3.8) is 0 Å². The molecule has 0 unspecified atom stereocenters. The van der Waals surface area contributed by atoms with E-state index in [0.717, 1.165) is 80.9 Å². The van der Waals surface area contributed by atoms with Crippen LogP contribution in [0.25, 0.3) is 16.9 Å². The molecular weight excluding hydrogens is 415 g/mol. The van der Waals surface area contributed by atoms with Crippen LogP contribution in [0.3, 0.4) is 0 Å². The predicted octanol–water partition coefficient (Wildman–Crippen LogP) is 4.82. The minimum atomic E-state index is -0.239. The summed E-state index contributed by atoms with van der Waals surface area (Å²) in [5.41, 5.74) is 5.21. The molecule has 0 N–H and O–H groups in total. The van der Waals surface area contributed by atoms with Gasteiger partial charge in [0, 0.05) is 43.4 Å². The van der Waals surface area contributed by atoms with Crippen LogP contribution in [0.5, 0.6) is 0 Å². The number of carbonyl (C=O) groups excluding carboxylic acids is 1. The van der Waals surface area contributed by atoms with E-state index in [-0.39, 0.29) is 5.82 Å². The van der Waals surface area contributed by atoms with Crippen molar-refractivity contribution in [3.8, 4) is 16.9 Å². The number of nitrogens with zero attached hydrogens (tertiary/aromatic N) is 4. The zero-order valence-corrected chi connectivity index (χ0v) is 19.2. The second kappa shape index (κ2) is 9.48. The lowest BCUT2D eigenvalue weighted by Crippen LogP contribution is -2.38. The van der Waals surface area contributed by atoms with Crippen molar-refractivity contribution in [1.82, 2.24) is 19.6 Å². The van der Waals surface area contributed by atoms with Crippen LogP contribution in [0.15, 0.2) is 54.7 Å². The molecule has 5 nitrogen and oxygen atoms in total. The minimum absolute atomic E-state index is 0.239. The Bertz CT molecular complexity index is 1100. The first kappa shape index (κ1) is 21.8. The van der Waals surface area contributed by atoms with Crippen LogP contribution in [0.4, 0.5) is 4.39 Å². The zero-order valence-electron chi connectivity index (χ0n) is 19.2. The lowest BCUT2D eigenvalue weighted by atomic mass is 9.95. The first-order valence-corrected chi connectivity index (χ1v) is 12.0. The van der Waals surface area contributed by atoms with E-state index in [1.54, 1.807) is 12.1 Å². The highest BCUT2D eigenvalue weighted by Gasteiger charge is 2.27. The van der Waals surface area contributed by atoms with Gasteiger partial charge >= 0.3 is 0 Å². The SMILES string of the molecule is Cc1ccc(-n2cc(CN3CCC(CN4CCCC4=O)CC3)c(-c3ccc(F)cc3)n2)cc1. The molecule has 172 valence electrons. The third-order valence-corrected chi connectivity index (χ3v) is 6.96. The molecule has 3 heterocycles. The van der Waals surface area contributed by atoms with Crippen LogP contribution in [0.1, 0.15) is 36.8 Å². The number of aryl methyl sites for hydroxylation is 1. The van der Waals surface area contributed by atoms with Gasteiger partial charge in [-0.05, 0) is 81.6 Å². The van der Waals surface area contributed by atoms with E-state index in [1.165, 1.54) is 17.7 Å². The maximum absolute atomic E-state index is 13.5. The molecule has 0 radical (unpaired) electrons. The summed E-state index contributed by atoms with van der Waals surface area (Å²) >= 11 is 0. The largest absolute Gasteiger partial charge is 0.342 e. The molecule has 33 heavy (non-hydrogen) atoms. The molecule has 6 heteroatoms. The van der Waals surface area contributed by atoms with Gasteiger partial charge in [0.2, 0.25) is 5.91 Å². The van der Waals surface area contributed by atoms with E-state index in [2.05, 4.69) is 47.2 Å². The monoisotopic (exact) mass is 446 g/mol. The lowest BCUT2D eigenvalue weighted by Gasteiger charge is -2.33. The van der Waals surface area contributed by atoms with Gasteiger partial charge in [-0.25, -0.2) is 9.07 Å². The highest BCUT2D eigenvalue weighted by molar-refractivity contribution is 5.78. The number of carbonyl (C=O) groups is 1. The Balaban J connectivity index is 1.32. The van der Waals surface area contributed by atoms with E-state index < -0.39 is 0 Å². The topological polar surface area (TPSA) is 41.4 Å². The Morgan fingerprint density at radius 3 is 2.39 bits per heavy atom. The first-order chi connectivity index (χ1) is 16.0. The minimum Gasteiger partial charge on any atom is -0.342 e. The van der Waals surface area contributed by atoms with Crippen molar-refractivity contribution < 1.29 is 9.18 Å². The van der Waals surface area contributed by atoms with E-state index in [9.17, 15) is 9.18 Å². The summed E-state index contributed by atoms with van der Waals surface area (Å²) in [7, 11) is 0. The number of benzene rings is 2. The van der Waals surface area contributed by atoms with E-state index >= 15 is 0 Å². The number of hydrogen-bond donors (Lipinski definition) is 0. The van der Waals surface area contributed by atoms with Crippen LogP contribution in [-0.4, -0.2) is 51.7 Å². The molecule has 5 rings (SSSR count). The number of likely N-dealkylation sites (tertiary alicyclic amines) is 2. The Hall–Kier alpha value is -2.99. The van der Waals surface area contributed by atoms with Crippen molar-refractivity contribution in [2.24, 2.45) is 5.92 Å². The summed E-state index contributed by atoms with van der Waals surface area (Å²) in [5.74, 6) is 0.678. The van der Waals surface area contributed by atoms with Crippen molar-refractivity contribution in [3.05, 3.63) is 71.7 Å². The molecule has 2 fully saturated rings. The summed E-state index contributed by atoms with van der Waals surface area (Å²) < 4.78 is 15.5. The van der Waals surface area contributed by atoms with Gasteiger partial charge in [-0.1, -0.05) is 17.7 Å². The number of piperidine rings is 1. The first-order valence-electron chi connectivity index (χ1n) is 12.0. The fourth-order valence-electron chi connectivity index (χ4n) is 4.98. The third-order valence-electron chi connectivity index (χ3n) is 6.96. The van der Waals surface area contributed by atoms with Crippen LogP contribution in [0.2, 0.25) is 0 Å². The average molecular weight is 447 g/mol. The van der Waals surface area contributed by atoms with Crippen molar-refractivity contribution in [2.75, 3.05) is 26.2 Å². The Morgan fingerprint density at radius 2 is 1.73 bits per heavy atom. The van der Waals surface area contributed by atoms with Crippen molar-refractivity contribution in [2.45, 2.75) is 39.2 Å². The summed E-state index contributed by atoms with van der Waals surface area (Å²) in [4.78, 5) is 16.5. The highest BCUT2D eigenvalue weighted by Crippen LogP contribution is 2.28. The van der Waals surface area contributed by atoms with Gasteiger partial charge in [-0.15, -0.1) is 0 Å². The quantitative estimate of drug-likeness (QED) is 0.545. The number of hydrogen-bond acceptors (Lipinski definition) is 3. The summed E-state index contributed by atoms with van der Waals surface area (Å²) in [6, 6.07) is 14.9. The molecule has 1 amide bonds. The van der Waals surface area contributed by atoms with Gasteiger partial charge in [-0.2, -0.15) is 5.10 Å². The smallest absolute Gasteiger partial charge is 0.222 e. The van der Waals surface area contributed by atoms with Gasteiger partial charge in [0.05, 0.1) is 11.4 Å². The zero-order chi connectivity index (χ0) is 22.8.